The normalized spacial score (nSPS) is 12.5. The lowest BCUT2D eigenvalue weighted by Gasteiger charge is -2.17. The number of thiophene rings is 1. The van der Waals surface area contributed by atoms with Gasteiger partial charge in [0.15, 0.2) is 5.96 Å². The highest BCUT2D eigenvalue weighted by Gasteiger charge is 2.09. The number of aryl methyl sites for hydroxylation is 1. The molecule has 0 bridgehead atoms. The molecule has 1 heterocycles. The molecule has 2 rings (SSSR count). The summed E-state index contributed by atoms with van der Waals surface area (Å²) in [5.41, 5.74) is 0.421. The van der Waals surface area contributed by atoms with Gasteiger partial charge in [-0.25, -0.2) is 9.38 Å². The topological polar surface area (TPSA) is 65.5 Å². The highest BCUT2D eigenvalue weighted by atomic mass is 32.1. The molecule has 3 N–H and O–H groups in total. The van der Waals surface area contributed by atoms with Crippen molar-refractivity contribution in [2.24, 2.45) is 4.99 Å². The second-order valence-corrected chi connectivity index (χ2v) is 7.39. The van der Waals surface area contributed by atoms with Gasteiger partial charge in [0, 0.05) is 34.4 Å². The van der Waals surface area contributed by atoms with E-state index in [0.29, 0.717) is 18.2 Å². The number of aliphatic imine (C=N–C) groups is 1. The molecule has 1 atom stereocenters. The highest BCUT2D eigenvalue weighted by Crippen LogP contribution is 2.16. The first-order valence-electron chi connectivity index (χ1n) is 8.62. The molecule has 0 radical (unpaired) electrons. The first-order valence-corrected chi connectivity index (χ1v) is 9.43. The van der Waals surface area contributed by atoms with Gasteiger partial charge in [0.1, 0.15) is 12.4 Å². The Morgan fingerprint density at radius 3 is 2.77 bits per heavy atom. The molecule has 1 aromatic heterocycles. The van der Waals surface area contributed by atoms with E-state index in [1.165, 1.54) is 21.9 Å². The van der Waals surface area contributed by atoms with Gasteiger partial charge in [0.05, 0.1) is 0 Å². The summed E-state index contributed by atoms with van der Waals surface area (Å²) in [5.74, 6) is -0.101. The van der Waals surface area contributed by atoms with Crippen LogP contribution in [-0.2, 0) is 11.2 Å². The molecule has 2 aromatic rings. The molecule has 1 amide bonds. The zero-order chi connectivity index (χ0) is 18.9. The largest absolute Gasteiger partial charge is 0.357 e. The maximum absolute atomic E-state index is 13.2. The van der Waals surface area contributed by atoms with Gasteiger partial charge in [-0.1, -0.05) is 6.07 Å². The van der Waals surface area contributed by atoms with Crippen molar-refractivity contribution >= 4 is 28.9 Å². The predicted molar refractivity (Wildman–Crippen MR) is 106 cm³/mol. The van der Waals surface area contributed by atoms with E-state index in [-0.39, 0.29) is 24.3 Å². The van der Waals surface area contributed by atoms with Crippen LogP contribution in [0.1, 0.15) is 23.6 Å². The van der Waals surface area contributed by atoms with Crippen molar-refractivity contribution in [2.75, 3.05) is 18.4 Å². The molecule has 0 saturated carbocycles. The number of anilines is 1. The number of carbonyl (C=O) groups is 1. The lowest BCUT2D eigenvalue weighted by molar-refractivity contribution is -0.114. The summed E-state index contributed by atoms with van der Waals surface area (Å²) in [6.07, 6.45) is 0.887. The maximum atomic E-state index is 13.2. The molecule has 0 aliphatic heterocycles. The van der Waals surface area contributed by atoms with Crippen molar-refractivity contribution in [3.8, 4) is 0 Å². The Morgan fingerprint density at radius 2 is 2.12 bits per heavy atom. The fourth-order valence-corrected chi connectivity index (χ4v) is 3.44. The zero-order valence-electron chi connectivity index (χ0n) is 15.3. The van der Waals surface area contributed by atoms with Crippen LogP contribution in [0.3, 0.4) is 0 Å². The number of rotatable bonds is 7. The fraction of sp³-hybridized carbons (Fsp3) is 0.368. The molecule has 1 aromatic carbocycles. The number of nitrogens with one attached hydrogen (secondary N) is 3. The number of hydrogen-bond donors (Lipinski definition) is 3. The third-order valence-corrected chi connectivity index (χ3v) is 4.54. The molecule has 5 nitrogen and oxygen atoms in total. The smallest absolute Gasteiger partial charge is 0.246 e. The lowest BCUT2D eigenvalue weighted by Crippen LogP contribution is -2.43. The van der Waals surface area contributed by atoms with Gasteiger partial charge in [0.2, 0.25) is 5.91 Å². The SMILES string of the molecule is CCNC(=NCC(=O)Nc1cccc(F)c1)NC(C)Cc1ccc(C)s1. The number of benzene rings is 1. The number of carbonyl (C=O) groups excluding carboxylic acids is 1. The summed E-state index contributed by atoms with van der Waals surface area (Å²) >= 11 is 1.78. The fourth-order valence-electron chi connectivity index (χ4n) is 2.42. The van der Waals surface area contributed by atoms with Crippen molar-refractivity contribution in [3.63, 3.8) is 0 Å². The minimum absolute atomic E-state index is 0.0450. The van der Waals surface area contributed by atoms with Crippen LogP contribution >= 0.6 is 11.3 Å². The molecule has 140 valence electrons. The molecule has 0 aliphatic carbocycles. The van der Waals surface area contributed by atoms with Gasteiger partial charge in [-0.2, -0.15) is 0 Å². The summed E-state index contributed by atoms with van der Waals surface area (Å²) in [4.78, 5) is 18.9. The van der Waals surface area contributed by atoms with Crippen molar-refractivity contribution < 1.29 is 9.18 Å². The Morgan fingerprint density at radius 1 is 1.31 bits per heavy atom. The van der Waals surface area contributed by atoms with Crippen LogP contribution in [0.5, 0.6) is 0 Å². The van der Waals surface area contributed by atoms with E-state index in [9.17, 15) is 9.18 Å². The standard InChI is InChI=1S/C19H25FN4OS/c1-4-21-19(23-13(2)10-17-9-8-14(3)26-17)22-12-18(25)24-16-7-5-6-15(20)11-16/h5-9,11,13H,4,10,12H2,1-3H3,(H,24,25)(H2,21,22,23). The van der Waals surface area contributed by atoms with E-state index >= 15 is 0 Å². The van der Waals surface area contributed by atoms with Gasteiger partial charge in [-0.15, -0.1) is 11.3 Å². The minimum atomic E-state index is -0.390. The second kappa shape index (κ2) is 9.91. The van der Waals surface area contributed by atoms with Crippen molar-refractivity contribution in [1.29, 1.82) is 0 Å². The van der Waals surface area contributed by atoms with Gasteiger partial charge in [0.25, 0.3) is 0 Å². The van der Waals surface area contributed by atoms with Crippen LogP contribution in [-0.4, -0.2) is 31.0 Å². The number of amides is 1. The zero-order valence-corrected chi connectivity index (χ0v) is 16.1. The highest BCUT2D eigenvalue weighted by molar-refractivity contribution is 7.11. The molecule has 0 fully saturated rings. The Kier molecular flexibility index (Phi) is 7.59. The summed E-state index contributed by atoms with van der Waals surface area (Å²) in [7, 11) is 0. The molecule has 0 aliphatic rings. The monoisotopic (exact) mass is 376 g/mol. The summed E-state index contributed by atoms with van der Waals surface area (Å²) in [5, 5.41) is 9.08. The van der Waals surface area contributed by atoms with E-state index in [4.69, 9.17) is 0 Å². The Labute approximate surface area is 157 Å². The molecular weight excluding hydrogens is 351 g/mol. The minimum Gasteiger partial charge on any atom is -0.357 e. The summed E-state index contributed by atoms with van der Waals surface area (Å²) in [6.45, 7) is 6.79. The molecule has 7 heteroatoms. The number of guanidine groups is 1. The first-order chi connectivity index (χ1) is 12.5. The van der Waals surface area contributed by atoms with Crippen LogP contribution in [0.4, 0.5) is 10.1 Å². The molecule has 0 spiro atoms. The van der Waals surface area contributed by atoms with E-state index in [0.717, 1.165) is 6.42 Å². The second-order valence-electron chi connectivity index (χ2n) is 6.02. The van der Waals surface area contributed by atoms with E-state index in [2.05, 4.69) is 46.9 Å². The van der Waals surface area contributed by atoms with Gasteiger partial charge in [-0.3, -0.25) is 4.79 Å². The number of hydrogen-bond acceptors (Lipinski definition) is 3. The third kappa shape index (κ3) is 6.84. The molecule has 0 saturated heterocycles. The predicted octanol–water partition coefficient (Wildman–Crippen LogP) is 3.32. The molecule has 26 heavy (non-hydrogen) atoms. The van der Waals surface area contributed by atoms with Gasteiger partial charge >= 0.3 is 0 Å². The van der Waals surface area contributed by atoms with E-state index in [1.807, 2.05) is 6.92 Å². The quantitative estimate of drug-likeness (QED) is 0.513. The van der Waals surface area contributed by atoms with Crippen molar-refractivity contribution in [3.05, 3.63) is 52.0 Å². The van der Waals surface area contributed by atoms with Crippen LogP contribution in [0.25, 0.3) is 0 Å². The van der Waals surface area contributed by atoms with Crippen LogP contribution in [0.2, 0.25) is 0 Å². The average molecular weight is 377 g/mol. The van der Waals surface area contributed by atoms with Crippen LogP contribution in [0.15, 0.2) is 41.4 Å². The Hall–Kier alpha value is -2.41. The van der Waals surface area contributed by atoms with Gasteiger partial charge < -0.3 is 16.0 Å². The number of nitrogens with zero attached hydrogens (tertiary/aromatic N) is 1. The van der Waals surface area contributed by atoms with E-state index < -0.39 is 0 Å². The third-order valence-electron chi connectivity index (χ3n) is 3.52. The number of halogens is 1. The van der Waals surface area contributed by atoms with Crippen molar-refractivity contribution in [2.45, 2.75) is 33.2 Å². The van der Waals surface area contributed by atoms with Crippen LogP contribution in [0, 0.1) is 12.7 Å². The molecular formula is C19H25FN4OS. The Balaban J connectivity index is 1.89. The average Bonchev–Trinajstić information content (AvgIpc) is 2.97. The van der Waals surface area contributed by atoms with Gasteiger partial charge in [-0.05, 0) is 51.1 Å². The molecule has 1 unspecified atom stereocenters. The summed E-state index contributed by atoms with van der Waals surface area (Å²) < 4.78 is 13.2. The lowest BCUT2D eigenvalue weighted by atomic mass is 10.2. The first kappa shape index (κ1) is 19.9. The summed E-state index contributed by atoms with van der Waals surface area (Å²) in [6, 6.07) is 10.2. The Bertz CT molecular complexity index is 760. The maximum Gasteiger partial charge on any atom is 0.246 e. The van der Waals surface area contributed by atoms with Crippen molar-refractivity contribution in [1.82, 2.24) is 10.6 Å². The van der Waals surface area contributed by atoms with Crippen LogP contribution < -0.4 is 16.0 Å². The van der Waals surface area contributed by atoms with E-state index in [1.54, 1.807) is 23.5 Å².